The van der Waals surface area contributed by atoms with Crippen LogP contribution in [0.3, 0.4) is 0 Å². The molecule has 9 heteroatoms. The molecule has 0 atom stereocenters. The normalized spacial score (nSPS) is 19.2. The number of halogens is 3. The fourth-order valence-electron chi connectivity index (χ4n) is 5.06. The summed E-state index contributed by atoms with van der Waals surface area (Å²) in [7, 11) is -3.64. The molecule has 0 aliphatic carbocycles. The van der Waals surface area contributed by atoms with Gasteiger partial charge in [-0.1, -0.05) is 30.7 Å². The van der Waals surface area contributed by atoms with E-state index in [9.17, 15) is 21.6 Å². The number of rotatable bonds is 8. The summed E-state index contributed by atoms with van der Waals surface area (Å²) in [6.45, 7) is 5.85. The van der Waals surface area contributed by atoms with Crippen LogP contribution in [0.25, 0.3) is 11.1 Å². The average molecular weight is 510 g/mol. The van der Waals surface area contributed by atoms with Gasteiger partial charge in [-0.25, -0.2) is 13.1 Å². The Bertz CT molecular complexity index is 1040. The maximum atomic E-state index is 12.7. The first-order valence-electron chi connectivity index (χ1n) is 12.5. The molecule has 0 bridgehead atoms. The summed E-state index contributed by atoms with van der Waals surface area (Å²) in [6, 6.07) is 11.7. The summed E-state index contributed by atoms with van der Waals surface area (Å²) in [5.74, 6) is 0. The van der Waals surface area contributed by atoms with E-state index in [4.69, 9.17) is 0 Å². The minimum Gasteiger partial charge on any atom is -0.303 e. The Morgan fingerprint density at radius 2 is 1.40 bits per heavy atom. The van der Waals surface area contributed by atoms with Crippen LogP contribution in [0.5, 0.6) is 0 Å². The van der Waals surface area contributed by atoms with E-state index in [1.54, 1.807) is 12.1 Å². The topological polar surface area (TPSA) is 52.7 Å². The molecule has 4 rings (SSSR count). The molecule has 2 heterocycles. The third-order valence-electron chi connectivity index (χ3n) is 7.12. The van der Waals surface area contributed by atoms with Crippen molar-refractivity contribution in [3.8, 4) is 11.1 Å². The van der Waals surface area contributed by atoms with Gasteiger partial charge in [0.25, 0.3) is 0 Å². The number of hydrogen-bond acceptors (Lipinski definition) is 4. The van der Waals surface area contributed by atoms with Crippen LogP contribution in [-0.4, -0.2) is 63.5 Å². The second kappa shape index (κ2) is 11.4. The molecule has 2 aromatic carbocycles. The van der Waals surface area contributed by atoms with Crippen molar-refractivity contribution in [1.82, 2.24) is 14.5 Å². The lowest BCUT2D eigenvalue weighted by Gasteiger charge is -2.40. The molecule has 2 aromatic rings. The van der Waals surface area contributed by atoms with E-state index >= 15 is 0 Å². The third-order valence-corrected chi connectivity index (χ3v) is 8.59. The van der Waals surface area contributed by atoms with Crippen molar-refractivity contribution in [2.45, 2.75) is 55.6 Å². The van der Waals surface area contributed by atoms with Crippen molar-refractivity contribution in [3.05, 3.63) is 54.1 Å². The molecule has 0 spiro atoms. The zero-order valence-corrected chi connectivity index (χ0v) is 20.8. The second-order valence-corrected chi connectivity index (χ2v) is 11.3. The fraction of sp³-hybridized carbons (Fsp3) is 0.538. The number of benzene rings is 2. The molecular formula is C26H34F3N3O2S. The van der Waals surface area contributed by atoms with Crippen LogP contribution in [0.2, 0.25) is 0 Å². The van der Waals surface area contributed by atoms with Crippen molar-refractivity contribution in [3.63, 3.8) is 0 Å². The van der Waals surface area contributed by atoms with Gasteiger partial charge in [0.2, 0.25) is 10.0 Å². The fourth-order valence-corrected chi connectivity index (χ4v) is 6.14. The summed E-state index contributed by atoms with van der Waals surface area (Å²) in [5.41, 5.74) is 0.542. The molecule has 2 aliphatic rings. The molecule has 2 fully saturated rings. The number of likely N-dealkylation sites (tertiary alicyclic amines) is 2. The average Bonchev–Trinajstić information content (AvgIpc) is 2.87. The highest BCUT2D eigenvalue weighted by Crippen LogP contribution is 2.31. The van der Waals surface area contributed by atoms with Gasteiger partial charge in [-0.15, -0.1) is 0 Å². The molecule has 0 amide bonds. The van der Waals surface area contributed by atoms with Crippen molar-refractivity contribution in [2.24, 2.45) is 0 Å². The first-order chi connectivity index (χ1) is 16.7. The molecule has 0 radical (unpaired) electrons. The first-order valence-corrected chi connectivity index (χ1v) is 13.9. The number of hydrogen-bond donors (Lipinski definition) is 1. The van der Waals surface area contributed by atoms with E-state index in [1.807, 2.05) is 0 Å². The van der Waals surface area contributed by atoms with Gasteiger partial charge >= 0.3 is 6.18 Å². The third kappa shape index (κ3) is 7.06. The monoisotopic (exact) mass is 509 g/mol. The molecule has 5 nitrogen and oxygen atoms in total. The second-order valence-electron chi connectivity index (χ2n) is 9.52. The van der Waals surface area contributed by atoms with E-state index in [-0.39, 0.29) is 4.90 Å². The summed E-state index contributed by atoms with van der Waals surface area (Å²) in [4.78, 5) is 5.22. The van der Waals surface area contributed by atoms with Crippen LogP contribution < -0.4 is 4.72 Å². The number of nitrogens with zero attached hydrogens (tertiary/aromatic N) is 2. The van der Waals surface area contributed by atoms with Crippen LogP contribution in [0, 0.1) is 0 Å². The van der Waals surface area contributed by atoms with Gasteiger partial charge in [-0.3, -0.25) is 0 Å². The number of nitrogens with one attached hydrogen (secondary N) is 1. The molecule has 2 aliphatic heterocycles. The molecule has 192 valence electrons. The largest absolute Gasteiger partial charge is 0.416 e. The predicted molar refractivity (Wildman–Crippen MR) is 132 cm³/mol. The summed E-state index contributed by atoms with van der Waals surface area (Å²) in [6.07, 6.45) is 2.74. The molecular weight excluding hydrogens is 475 g/mol. The number of sulfonamides is 1. The lowest BCUT2D eigenvalue weighted by molar-refractivity contribution is -0.137. The zero-order chi connectivity index (χ0) is 24.9. The van der Waals surface area contributed by atoms with Crippen molar-refractivity contribution >= 4 is 10.0 Å². The van der Waals surface area contributed by atoms with E-state index in [0.29, 0.717) is 23.7 Å². The lowest BCUT2D eigenvalue weighted by Crippen LogP contribution is -2.47. The maximum Gasteiger partial charge on any atom is 0.416 e. The van der Waals surface area contributed by atoms with Crippen LogP contribution in [-0.2, 0) is 16.2 Å². The van der Waals surface area contributed by atoms with Gasteiger partial charge in [0, 0.05) is 12.6 Å². The first kappa shape index (κ1) is 26.1. The van der Waals surface area contributed by atoms with Crippen molar-refractivity contribution < 1.29 is 21.6 Å². The Morgan fingerprint density at radius 1 is 0.829 bits per heavy atom. The van der Waals surface area contributed by atoms with Gasteiger partial charge < -0.3 is 9.80 Å². The highest BCUT2D eigenvalue weighted by Gasteiger charge is 2.30. The van der Waals surface area contributed by atoms with Gasteiger partial charge in [0.05, 0.1) is 10.5 Å². The SMILES string of the molecule is O=S(=O)(NCCCN1CCC(N2CCCCC2)CC1)c1ccc(-c2ccc(C(F)(F)F)cc2)cc1. The standard InChI is InChI=1S/C26H34F3N3O2S/c27-26(28,29)23-9-5-21(6-10-23)22-7-11-25(12-8-22)35(33,34)30-15-4-16-31-19-13-24(14-20-31)32-17-2-1-3-18-32/h5-12,24,30H,1-4,13-20H2. The Morgan fingerprint density at radius 3 is 1.97 bits per heavy atom. The van der Waals surface area contributed by atoms with Gasteiger partial charge in [0.15, 0.2) is 0 Å². The zero-order valence-electron chi connectivity index (χ0n) is 19.9. The van der Waals surface area contributed by atoms with Crippen molar-refractivity contribution in [2.75, 3.05) is 39.3 Å². The van der Waals surface area contributed by atoms with E-state index in [0.717, 1.165) is 38.2 Å². The minimum atomic E-state index is -4.38. The van der Waals surface area contributed by atoms with Gasteiger partial charge in [-0.2, -0.15) is 13.2 Å². The highest BCUT2D eigenvalue weighted by atomic mass is 32.2. The van der Waals surface area contributed by atoms with Crippen LogP contribution in [0.1, 0.15) is 44.1 Å². The van der Waals surface area contributed by atoms with E-state index in [2.05, 4.69) is 14.5 Å². The molecule has 1 N–H and O–H groups in total. The maximum absolute atomic E-state index is 12.7. The Kier molecular flexibility index (Phi) is 8.52. The summed E-state index contributed by atoms with van der Waals surface area (Å²) >= 11 is 0. The van der Waals surface area contributed by atoms with Gasteiger partial charge in [-0.05, 0) is 100 Å². The smallest absolute Gasteiger partial charge is 0.303 e. The number of alkyl halides is 3. The van der Waals surface area contributed by atoms with Gasteiger partial charge in [0.1, 0.15) is 0 Å². The van der Waals surface area contributed by atoms with Crippen molar-refractivity contribution in [1.29, 1.82) is 0 Å². The molecule has 35 heavy (non-hydrogen) atoms. The van der Waals surface area contributed by atoms with Crippen LogP contribution >= 0.6 is 0 Å². The predicted octanol–water partition coefficient (Wildman–Crippen LogP) is 4.99. The van der Waals surface area contributed by atoms with Crippen LogP contribution in [0.4, 0.5) is 13.2 Å². The molecule has 0 saturated carbocycles. The van der Waals surface area contributed by atoms with E-state index in [1.165, 1.54) is 69.5 Å². The molecule has 0 aromatic heterocycles. The quantitative estimate of drug-likeness (QED) is 0.510. The highest BCUT2D eigenvalue weighted by molar-refractivity contribution is 7.89. The molecule has 0 unspecified atom stereocenters. The number of piperidine rings is 2. The Labute approximate surface area is 206 Å². The summed E-state index contributed by atoms with van der Waals surface area (Å²) < 4.78 is 66.2. The lowest BCUT2D eigenvalue weighted by atomic mass is 10.00. The molecule has 2 saturated heterocycles. The minimum absolute atomic E-state index is 0.149. The summed E-state index contributed by atoms with van der Waals surface area (Å²) in [5, 5.41) is 0. The Balaban J connectivity index is 1.21. The van der Waals surface area contributed by atoms with E-state index < -0.39 is 21.8 Å². The Hall–Kier alpha value is -1.94. The van der Waals surface area contributed by atoms with Crippen LogP contribution in [0.15, 0.2) is 53.4 Å².